The monoisotopic (exact) mass is 356 g/mol. The van der Waals surface area contributed by atoms with Crippen LogP contribution in [-0.4, -0.2) is 23.0 Å². The fourth-order valence-electron chi connectivity index (χ4n) is 2.49. The van der Waals surface area contributed by atoms with E-state index in [1.165, 1.54) is 25.4 Å². The minimum Gasteiger partial charge on any atom is -0.382 e. The largest absolute Gasteiger partial charge is 0.382 e. The third-order valence-corrected chi connectivity index (χ3v) is 4.01. The van der Waals surface area contributed by atoms with Crippen molar-refractivity contribution in [2.45, 2.75) is 18.8 Å². The number of anilines is 4. The standard InChI is InChI=1S/C16H17FN8O/c1-21-16(26)25(20)13-5-12(11(17)4-10(13)8-2-3-8)23-15-22-7-9(6-18)14(19)24-15/h4-5,7-8H,2-3,20H2,1H3,(H,21,26)(H3,19,22,23,24). The highest BCUT2D eigenvalue weighted by molar-refractivity contribution is 5.92. The van der Waals surface area contributed by atoms with Crippen LogP contribution in [0, 0.1) is 17.1 Å². The smallest absolute Gasteiger partial charge is 0.336 e. The van der Waals surface area contributed by atoms with E-state index in [-0.39, 0.29) is 28.9 Å². The van der Waals surface area contributed by atoms with Gasteiger partial charge in [0.2, 0.25) is 5.95 Å². The van der Waals surface area contributed by atoms with Gasteiger partial charge in [0.15, 0.2) is 0 Å². The van der Waals surface area contributed by atoms with Crippen LogP contribution in [-0.2, 0) is 0 Å². The Labute approximate surface area is 148 Å². The third-order valence-electron chi connectivity index (χ3n) is 4.01. The van der Waals surface area contributed by atoms with E-state index in [2.05, 4.69) is 20.6 Å². The lowest BCUT2D eigenvalue weighted by molar-refractivity contribution is 0.248. The van der Waals surface area contributed by atoms with Crippen LogP contribution in [0.15, 0.2) is 18.3 Å². The zero-order chi connectivity index (χ0) is 18.8. The van der Waals surface area contributed by atoms with Gasteiger partial charge in [-0.2, -0.15) is 10.2 Å². The topological polar surface area (TPSA) is 146 Å². The molecule has 1 fully saturated rings. The van der Waals surface area contributed by atoms with Crippen LogP contribution in [0.4, 0.5) is 32.3 Å². The maximum atomic E-state index is 14.5. The molecule has 3 rings (SSSR count). The number of hydrogen-bond donors (Lipinski definition) is 4. The molecule has 10 heteroatoms. The maximum absolute atomic E-state index is 14.5. The number of urea groups is 1. The van der Waals surface area contributed by atoms with Gasteiger partial charge in [0.25, 0.3) is 0 Å². The first-order valence-corrected chi connectivity index (χ1v) is 7.84. The molecule has 9 nitrogen and oxygen atoms in total. The second-order valence-corrected chi connectivity index (χ2v) is 5.82. The Kier molecular flexibility index (Phi) is 4.55. The van der Waals surface area contributed by atoms with E-state index in [1.54, 1.807) is 0 Å². The van der Waals surface area contributed by atoms with E-state index in [4.69, 9.17) is 16.8 Å². The molecule has 0 spiro atoms. The molecule has 1 heterocycles. The van der Waals surface area contributed by atoms with Crippen molar-refractivity contribution in [1.29, 1.82) is 5.26 Å². The quantitative estimate of drug-likeness (QED) is 0.370. The number of nitrogens with zero attached hydrogens (tertiary/aromatic N) is 4. The fraction of sp³-hybridized carbons (Fsp3) is 0.250. The van der Waals surface area contributed by atoms with Crippen LogP contribution < -0.4 is 27.2 Å². The molecule has 134 valence electrons. The first kappa shape index (κ1) is 17.4. The van der Waals surface area contributed by atoms with Crippen molar-refractivity contribution in [1.82, 2.24) is 15.3 Å². The SMILES string of the molecule is CNC(=O)N(N)c1cc(Nc2ncc(C#N)c(N)n2)c(F)cc1C1CC1. The number of amides is 2. The van der Waals surface area contributed by atoms with Crippen molar-refractivity contribution in [2.75, 3.05) is 23.1 Å². The second kappa shape index (κ2) is 6.81. The Balaban J connectivity index is 1.98. The Morgan fingerprint density at radius 3 is 2.77 bits per heavy atom. The number of aromatic nitrogens is 2. The molecular weight excluding hydrogens is 339 g/mol. The van der Waals surface area contributed by atoms with E-state index in [9.17, 15) is 9.18 Å². The number of hydrogen-bond acceptors (Lipinski definition) is 7. The summed E-state index contributed by atoms with van der Waals surface area (Å²) in [6.45, 7) is 0. The number of hydrazine groups is 1. The first-order chi connectivity index (χ1) is 12.4. The summed E-state index contributed by atoms with van der Waals surface area (Å²) in [7, 11) is 1.45. The molecule has 2 amide bonds. The summed E-state index contributed by atoms with van der Waals surface area (Å²) in [6.07, 6.45) is 3.06. The van der Waals surface area contributed by atoms with E-state index < -0.39 is 11.8 Å². The predicted molar refractivity (Wildman–Crippen MR) is 93.9 cm³/mol. The van der Waals surface area contributed by atoms with Crippen molar-refractivity contribution < 1.29 is 9.18 Å². The third kappa shape index (κ3) is 3.33. The lowest BCUT2D eigenvalue weighted by Gasteiger charge is -2.21. The highest BCUT2D eigenvalue weighted by Crippen LogP contribution is 2.45. The Bertz CT molecular complexity index is 906. The number of nitrogens with two attached hydrogens (primary N) is 2. The van der Waals surface area contributed by atoms with Crippen LogP contribution >= 0.6 is 0 Å². The summed E-state index contributed by atoms with van der Waals surface area (Å²) in [4.78, 5) is 19.7. The molecule has 1 aliphatic carbocycles. The number of rotatable bonds is 4. The summed E-state index contributed by atoms with van der Waals surface area (Å²) in [5, 5.41) is 14.9. The van der Waals surface area contributed by atoms with Gasteiger partial charge in [-0.1, -0.05) is 0 Å². The van der Waals surface area contributed by atoms with Gasteiger partial charge < -0.3 is 16.4 Å². The minimum atomic E-state index is -0.535. The van der Waals surface area contributed by atoms with Crippen LogP contribution in [0.1, 0.15) is 29.9 Å². The van der Waals surface area contributed by atoms with Crippen LogP contribution in [0.5, 0.6) is 0 Å². The number of halogens is 1. The number of carbonyl (C=O) groups is 1. The molecule has 1 aromatic heterocycles. The molecule has 1 saturated carbocycles. The zero-order valence-electron chi connectivity index (χ0n) is 14.0. The number of nitrogens with one attached hydrogen (secondary N) is 2. The van der Waals surface area contributed by atoms with Gasteiger partial charge in [-0.25, -0.2) is 25.0 Å². The lowest BCUT2D eigenvalue weighted by atomic mass is 10.1. The van der Waals surface area contributed by atoms with Gasteiger partial charge in [-0.05, 0) is 36.5 Å². The summed E-state index contributed by atoms with van der Waals surface area (Å²) in [5.41, 5.74) is 6.85. The van der Waals surface area contributed by atoms with Crippen LogP contribution in [0.2, 0.25) is 0 Å². The van der Waals surface area contributed by atoms with Crippen molar-refractivity contribution in [3.63, 3.8) is 0 Å². The van der Waals surface area contributed by atoms with Crippen LogP contribution in [0.3, 0.4) is 0 Å². The Morgan fingerprint density at radius 2 is 2.19 bits per heavy atom. The molecule has 1 aromatic carbocycles. The van der Waals surface area contributed by atoms with Gasteiger partial charge in [0.05, 0.1) is 17.6 Å². The normalized spacial score (nSPS) is 13.0. The minimum absolute atomic E-state index is 0.0222. The van der Waals surface area contributed by atoms with Crippen LogP contribution in [0.25, 0.3) is 0 Å². The van der Waals surface area contributed by atoms with Gasteiger partial charge >= 0.3 is 6.03 Å². The summed E-state index contributed by atoms with van der Waals surface area (Å²) < 4.78 is 14.5. The average molecular weight is 356 g/mol. The fourth-order valence-corrected chi connectivity index (χ4v) is 2.49. The maximum Gasteiger partial charge on any atom is 0.336 e. The molecule has 0 bridgehead atoms. The highest BCUT2D eigenvalue weighted by atomic mass is 19.1. The molecule has 0 unspecified atom stereocenters. The Hall–Kier alpha value is -3.45. The molecule has 1 aliphatic rings. The molecule has 0 radical (unpaired) electrons. The molecule has 0 saturated heterocycles. The van der Waals surface area contributed by atoms with Gasteiger partial charge in [-0.15, -0.1) is 0 Å². The molecule has 0 atom stereocenters. The zero-order valence-corrected chi connectivity index (χ0v) is 14.0. The number of nitrogen functional groups attached to an aromatic ring is 1. The van der Waals surface area contributed by atoms with Crippen molar-refractivity contribution >= 4 is 29.2 Å². The first-order valence-electron chi connectivity index (χ1n) is 7.84. The molecular formula is C16H17FN8O. The number of benzene rings is 1. The van der Waals surface area contributed by atoms with E-state index >= 15 is 0 Å². The summed E-state index contributed by atoms with van der Waals surface area (Å²) in [6, 6.07) is 4.10. The molecule has 2 aromatic rings. The highest BCUT2D eigenvalue weighted by Gasteiger charge is 2.30. The van der Waals surface area contributed by atoms with Crippen molar-refractivity contribution in [3.8, 4) is 6.07 Å². The average Bonchev–Trinajstić information content (AvgIpc) is 3.47. The summed E-state index contributed by atoms with van der Waals surface area (Å²) in [5.74, 6) is 5.51. The molecule has 6 N–H and O–H groups in total. The van der Waals surface area contributed by atoms with Gasteiger partial charge in [0, 0.05) is 7.05 Å². The summed E-state index contributed by atoms with van der Waals surface area (Å²) >= 11 is 0. The molecule has 0 aliphatic heterocycles. The van der Waals surface area contributed by atoms with E-state index in [0.29, 0.717) is 11.3 Å². The predicted octanol–water partition coefficient (Wildman–Crippen LogP) is 1.71. The van der Waals surface area contributed by atoms with Crippen molar-refractivity contribution in [3.05, 3.63) is 35.3 Å². The number of carbonyl (C=O) groups excluding carboxylic acids is 1. The van der Waals surface area contributed by atoms with Gasteiger partial charge in [0.1, 0.15) is 23.3 Å². The van der Waals surface area contributed by atoms with Gasteiger partial charge in [-0.3, -0.25) is 0 Å². The second-order valence-electron chi connectivity index (χ2n) is 5.82. The molecule has 26 heavy (non-hydrogen) atoms. The van der Waals surface area contributed by atoms with E-state index in [1.807, 2.05) is 6.07 Å². The van der Waals surface area contributed by atoms with Crippen molar-refractivity contribution in [2.24, 2.45) is 5.84 Å². The van der Waals surface area contributed by atoms with E-state index in [0.717, 1.165) is 17.9 Å². The Morgan fingerprint density at radius 1 is 1.46 bits per heavy atom. The number of nitriles is 1. The lowest BCUT2D eigenvalue weighted by Crippen LogP contribution is -2.43.